The second-order valence-electron chi connectivity index (χ2n) is 11.0. The van der Waals surface area contributed by atoms with E-state index >= 15 is 0 Å². The molecule has 5 heteroatoms. The highest BCUT2D eigenvalue weighted by atomic mass is 16.3. The number of fused-ring (bicyclic) bond motifs is 11. The van der Waals surface area contributed by atoms with Crippen molar-refractivity contribution in [3.8, 4) is 17.2 Å². The molecule has 0 aliphatic rings. The highest BCUT2D eigenvalue weighted by molar-refractivity contribution is 6.27. The Kier molecular flexibility index (Phi) is 4.39. The van der Waals surface area contributed by atoms with Crippen molar-refractivity contribution in [1.82, 2.24) is 14.5 Å². The van der Waals surface area contributed by atoms with E-state index in [4.69, 9.17) is 18.8 Å². The number of hydrogen-bond donors (Lipinski definition) is 0. The van der Waals surface area contributed by atoms with E-state index < -0.39 is 0 Å². The molecule has 0 amide bonds. The Balaban J connectivity index is 1.41. The molecule has 0 atom stereocenters. The van der Waals surface area contributed by atoms with Gasteiger partial charge in [0.15, 0.2) is 17.2 Å². The Morgan fingerprint density at radius 1 is 0.488 bits per heavy atom. The van der Waals surface area contributed by atoms with Crippen LogP contribution < -0.4 is 0 Å². The first-order chi connectivity index (χ1) is 21.3. The molecule has 4 aromatic heterocycles. The molecule has 5 nitrogen and oxygen atoms in total. The van der Waals surface area contributed by atoms with E-state index in [0.29, 0.717) is 17.2 Å². The summed E-state index contributed by atoms with van der Waals surface area (Å²) in [6.45, 7) is 0. The molecule has 0 bridgehead atoms. The lowest BCUT2D eigenvalue weighted by molar-refractivity contribution is 0.663. The average molecular weight is 552 g/mol. The SMILES string of the molecule is c1ccc(-c2nc(-n3c4ccccc4c4c5c(ccc43)oc3ccccc35)c3oc4cc5ccccc5cc4c3n2)cc1. The zero-order chi connectivity index (χ0) is 28.1. The minimum atomic E-state index is 0.653. The molecule has 0 aliphatic heterocycles. The molecule has 200 valence electrons. The van der Waals surface area contributed by atoms with Gasteiger partial charge in [-0.2, -0.15) is 0 Å². The number of para-hydroxylation sites is 2. The van der Waals surface area contributed by atoms with Gasteiger partial charge in [0.2, 0.25) is 0 Å². The van der Waals surface area contributed by atoms with Gasteiger partial charge in [-0.05, 0) is 47.2 Å². The average Bonchev–Trinajstić information content (AvgIpc) is 3.72. The second-order valence-corrected chi connectivity index (χ2v) is 11.0. The molecule has 4 heterocycles. The lowest BCUT2D eigenvalue weighted by atomic mass is 10.1. The first-order valence-corrected chi connectivity index (χ1v) is 14.3. The Morgan fingerprint density at radius 2 is 1.23 bits per heavy atom. The van der Waals surface area contributed by atoms with Gasteiger partial charge in [-0.1, -0.05) is 91.0 Å². The summed E-state index contributed by atoms with van der Waals surface area (Å²) in [6, 6.07) is 43.7. The minimum Gasteiger partial charge on any atom is -0.456 e. The summed E-state index contributed by atoms with van der Waals surface area (Å²) < 4.78 is 15.2. The third-order valence-corrected chi connectivity index (χ3v) is 8.58. The molecule has 0 unspecified atom stereocenters. The van der Waals surface area contributed by atoms with E-state index in [1.54, 1.807) is 0 Å². The van der Waals surface area contributed by atoms with Gasteiger partial charge in [0, 0.05) is 32.5 Å². The van der Waals surface area contributed by atoms with Gasteiger partial charge in [0.05, 0.1) is 11.0 Å². The van der Waals surface area contributed by atoms with Crippen LogP contribution in [0.15, 0.2) is 136 Å². The molecular formula is C38H21N3O2. The molecule has 10 aromatic rings. The molecule has 0 saturated carbocycles. The fraction of sp³-hybridized carbons (Fsp3) is 0. The van der Waals surface area contributed by atoms with Gasteiger partial charge >= 0.3 is 0 Å². The van der Waals surface area contributed by atoms with Crippen molar-refractivity contribution in [3.05, 3.63) is 127 Å². The quantitative estimate of drug-likeness (QED) is 0.214. The smallest absolute Gasteiger partial charge is 0.197 e. The predicted molar refractivity (Wildman–Crippen MR) is 174 cm³/mol. The van der Waals surface area contributed by atoms with Crippen LogP contribution in [0, 0.1) is 0 Å². The van der Waals surface area contributed by atoms with E-state index in [0.717, 1.165) is 76.6 Å². The van der Waals surface area contributed by atoms with Crippen molar-refractivity contribution in [2.75, 3.05) is 0 Å². The van der Waals surface area contributed by atoms with Crippen molar-refractivity contribution in [2.24, 2.45) is 0 Å². The van der Waals surface area contributed by atoms with Crippen molar-refractivity contribution in [3.63, 3.8) is 0 Å². The van der Waals surface area contributed by atoms with Crippen LogP contribution in [0.5, 0.6) is 0 Å². The monoisotopic (exact) mass is 551 g/mol. The van der Waals surface area contributed by atoms with Crippen molar-refractivity contribution >= 4 is 76.6 Å². The highest BCUT2D eigenvalue weighted by Gasteiger charge is 2.24. The van der Waals surface area contributed by atoms with Crippen LogP contribution in [-0.2, 0) is 0 Å². The number of benzene rings is 6. The van der Waals surface area contributed by atoms with Gasteiger partial charge in [0.25, 0.3) is 0 Å². The molecule has 0 radical (unpaired) electrons. The van der Waals surface area contributed by atoms with Crippen LogP contribution in [0.4, 0.5) is 0 Å². The largest absolute Gasteiger partial charge is 0.456 e. The Bertz CT molecular complexity index is 2730. The Labute approximate surface area is 244 Å². The van der Waals surface area contributed by atoms with Crippen LogP contribution >= 0.6 is 0 Å². The zero-order valence-electron chi connectivity index (χ0n) is 22.8. The van der Waals surface area contributed by atoms with Crippen LogP contribution in [0.1, 0.15) is 0 Å². The van der Waals surface area contributed by atoms with E-state index in [2.05, 4.69) is 95.6 Å². The molecule has 43 heavy (non-hydrogen) atoms. The molecule has 0 aliphatic carbocycles. The molecule has 0 fully saturated rings. The third-order valence-electron chi connectivity index (χ3n) is 8.58. The number of rotatable bonds is 2. The summed E-state index contributed by atoms with van der Waals surface area (Å²) in [6.07, 6.45) is 0. The number of nitrogens with zero attached hydrogens (tertiary/aromatic N) is 3. The van der Waals surface area contributed by atoms with E-state index in [9.17, 15) is 0 Å². The second kappa shape index (κ2) is 8.30. The van der Waals surface area contributed by atoms with Gasteiger partial charge in [0.1, 0.15) is 22.3 Å². The highest BCUT2D eigenvalue weighted by Crippen LogP contribution is 2.43. The van der Waals surface area contributed by atoms with Gasteiger partial charge in [-0.15, -0.1) is 0 Å². The van der Waals surface area contributed by atoms with Crippen LogP contribution in [0.25, 0.3) is 93.8 Å². The van der Waals surface area contributed by atoms with E-state index in [1.807, 2.05) is 36.4 Å². The fourth-order valence-corrected chi connectivity index (χ4v) is 6.68. The summed E-state index contributed by atoms with van der Waals surface area (Å²) in [5.41, 5.74) is 7.01. The lowest BCUT2D eigenvalue weighted by Gasteiger charge is -2.10. The first-order valence-electron chi connectivity index (χ1n) is 14.3. The maximum atomic E-state index is 6.68. The normalized spacial score (nSPS) is 12.2. The summed E-state index contributed by atoms with van der Waals surface area (Å²) >= 11 is 0. The van der Waals surface area contributed by atoms with E-state index in [1.165, 1.54) is 0 Å². The summed E-state index contributed by atoms with van der Waals surface area (Å²) in [4.78, 5) is 10.4. The first kappa shape index (κ1) is 22.7. The number of hydrogen-bond acceptors (Lipinski definition) is 4. The van der Waals surface area contributed by atoms with Crippen molar-refractivity contribution in [1.29, 1.82) is 0 Å². The molecule has 10 rings (SSSR count). The van der Waals surface area contributed by atoms with E-state index in [-0.39, 0.29) is 0 Å². The van der Waals surface area contributed by atoms with Gasteiger partial charge in [-0.3, -0.25) is 4.57 Å². The maximum absolute atomic E-state index is 6.68. The summed E-state index contributed by atoms with van der Waals surface area (Å²) in [5.74, 6) is 1.36. The number of aromatic nitrogens is 3. The van der Waals surface area contributed by atoms with Crippen LogP contribution in [0.2, 0.25) is 0 Å². The van der Waals surface area contributed by atoms with Crippen LogP contribution in [0.3, 0.4) is 0 Å². The molecular weight excluding hydrogens is 530 g/mol. The summed E-state index contributed by atoms with van der Waals surface area (Å²) in [5, 5.41) is 7.70. The standard InChI is InChI=1S/C38H21N3O2/c1-2-10-22(11-3-1)37-39-35-27-20-23-12-4-5-13-24(23)21-32(27)43-36(35)38(40-37)41-28-16-8-6-14-25(28)33-29(41)18-19-31-34(33)26-15-7-9-17-30(26)42-31/h1-21H. The van der Waals surface area contributed by atoms with Gasteiger partial charge < -0.3 is 8.83 Å². The predicted octanol–water partition coefficient (Wildman–Crippen LogP) is 10.2. The number of furan rings is 2. The van der Waals surface area contributed by atoms with Crippen LogP contribution in [-0.4, -0.2) is 14.5 Å². The fourth-order valence-electron chi connectivity index (χ4n) is 6.68. The topological polar surface area (TPSA) is 57.0 Å². The lowest BCUT2D eigenvalue weighted by Crippen LogP contribution is -2.01. The third kappa shape index (κ3) is 3.11. The minimum absolute atomic E-state index is 0.653. The van der Waals surface area contributed by atoms with Crippen molar-refractivity contribution in [2.45, 2.75) is 0 Å². The molecule has 0 spiro atoms. The van der Waals surface area contributed by atoms with Gasteiger partial charge in [-0.25, -0.2) is 9.97 Å². The Morgan fingerprint density at radius 3 is 2.12 bits per heavy atom. The Hall–Kier alpha value is -5.94. The molecule has 0 saturated heterocycles. The summed E-state index contributed by atoms with van der Waals surface area (Å²) in [7, 11) is 0. The zero-order valence-corrected chi connectivity index (χ0v) is 22.8. The maximum Gasteiger partial charge on any atom is 0.197 e. The molecule has 0 N–H and O–H groups in total. The molecule has 6 aromatic carbocycles. The van der Waals surface area contributed by atoms with Crippen molar-refractivity contribution < 1.29 is 8.83 Å².